The Morgan fingerprint density at radius 2 is 2.12 bits per heavy atom. The van der Waals surface area contributed by atoms with Gasteiger partial charge in [-0.1, -0.05) is 0 Å². The van der Waals surface area contributed by atoms with Crippen molar-refractivity contribution in [3.8, 4) is 5.75 Å². The molecule has 2 heterocycles. The Kier molecular flexibility index (Phi) is 2.84. The number of carbonyl (C=O) groups excluding carboxylic acids is 1. The van der Waals surface area contributed by atoms with Gasteiger partial charge in [-0.15, -0.1) is 0 Å². The minimum atomic E-state index is -0.888. The molecule has 3 N–H and O–H groups in total. The number of nitrogens with two attached hydrogens (primary N) is 1. The van der Waals surface area contributed by atoms with E-state index in [4.69, 9.17) is 5.73 Å². The predicted molar refractivity (Wildman–Crippen MR) is 59.9 cm³/mol. The van der Waals surface area contributed by atoms with Crippen LogP contribution in [0.2, 0.25) is 0 Å². The van der Waals surface area contributed by atoms with Crippen LogP contribution in [0.25, 0.3) is 0 Å². The summed E-state index contributed by atoms with van der Waals surface area (Å²) < 4.78 is 1.39. The maximum atomic E-state index is 11.8. The summed E-state index contributed by atoms with van der Waals surface area (Å²) in [5.74, 6) is -1.06. The van der Waals surface area contributed by atoms with E-state index in [0.717, 1.165) is 6.54 Å². The summed E-state index contributed by atoms with van der Waals surface area (Å²) in [6.07, 6.45) is 0.548. The Morgan fingerprint density at radius 1 is 1.41 bits per heavy atom. The van der Waals surface area contributed by atoms with Crippen molar-refractivity contribution in [3.05, 3.63) is 21.9 Å². The highest BCUT2D eigenvalue weighted by atomic mass is 16.3. The van der Waals surface area contributed by atoms with E-state index in [1.807, 2.05) is 7.05 Å². The molecule has 1 aliphatic rings. The summed E-state index contributed by atoms with van der Waals surface area (Å²) in [6, 6.07) is 0. The van der Waals surface area contributed by atoms with E-state index in [1.54, 1.807) is 0 Å². The maximum Gasteiger partial charge on any atom is 0.296 e. The molecule has 0 spiro atoms. The fraction of sp³-hybridized carbons (Fsp3) is 0.500. The number of nitrogens with zero attached hydrogens (tertiary/aromatic N) is 3. The van der Waals surface area contributed by atoms with E-state index in [1.165, 1.54) is 4.57 Å². The molecule has 7 heteroatoms. The van der Waals surface area contributed by atoms with Crippen LogP contribution in [0.4, 0.5) is 0 Å². The molecule has 0 aliphatic carbocycles. The number of likely N-dealkylation sites (N-methyl/N-ethyl adjacent to an activating group) is 1. The lowest BCUT2D eigenvalue weighted by Crippen LogP contribution is -2.29. The Labute approximate surface area is 97.5 Å². The average Bonchev–Trinajstić information content (AvgIpc) is 2.46. The summed E-state index contributed by atoms with van der Waals surface area (Å²) in [5.41, 5.74) is 4.12. The highest BCUT2D eigenvalue weighted by Gasteiger charge is 2.21. The van der Waals surface area contributed by atoms with Crippen molar-refractivity contribution in [1.82, 2.24) is 14.5 Å². The second-order valence-corrected chi connectivity index (χ2v) is 4.10. The van der Waals surface area contributed by atoms with Crippen LogP contribution in [0.3, 0.4) is 0 Å². The van der Waals surface area contributed by atoms with Crippen LogP contribution in [0.1, 0.15) is 16.3 Å². The van der Waals surface area contributed by atoms with Gasteiger partial charge in [-0.05, 0) is 7.05 Å². The van der Waals surface area contributed by atoms with E-state index in [9.17, 15) is 14.7 Å². The lowest BCUT2D eigenvalue weighted by atomic mass is 10.3. The van der Waals surface area contributed by atoms with Crippen LogP contribution in [0.15, 0.2) is 4.79 Å². The Hall–Kier alpha value is -1.89. The smallest absolute Gasteiger partial charge is 0.296 e. The third-order valence-corrected chi connectivity index (χ3v) is 2.88. The standard InChI is InChI=1S/C10H14N4O3/c1-13-3-2-6-12-7(9(11)16)8(15)10(17)14(6)5-4-13/h15H,2-5H2,1H3,(H2,11,16). The van der Waals surface area contributed by atoms with Gasteiger partial charge in [0.1, 0.15) is 5.82 Å². The number of fused-ring (bicyclic) bond motifs is 1. The zero-order chi connectivity index (χ0) is 12.6. The van der Waals surface area contributed by atoms with Crippen molar-refractivity contribution >= 4 is 5.91 Å². The zero-order valence-electron chi connectivity index (χ0n) is 9.51. The van der Waals surface area contributed by atoms with Crippen LogP contribution < -0.4 is 11.3 Å². The molecule has 92 valence electrons. The number of hydrogen-bond acceptors (Lipinski definition) is 5. The molecule has 0 saturated carbocycles. The first-order chi connectivity index (χ1) is 8.00. The molecule has 0 radical (unpaired) electrons. The van der Waals surface area contributed by atoms with Gasteiger partial charge in [0.15, 0.2) is 5.69 Å². The second kappa shape index (κ2) is 4.17. The SMILES string of the molecule is CN1CCc2nc(C(N)=O)c(O)c(=O)n2CC1. The summed E-state index contributed by atoms with van der Waals surface area (Å²) in [6.45, 7) is 1.89. The van der Waals surface area contributed by atoms with E-state index in [2.05, 4.69) is 9.88 Å². The Bertz CT molecular complexity index is 523. The second-order valence-electron chi connectivity index (χ2n) is 4.10. The number of aromatic nitrogens is 2. The van der Waals surface area contributed by atoms with Crippen molar-refractivity contribution in [2.75, 3.05) is 20.1 Å². The molecule has 0 saturated heterocycles. The first-order valence-corrected chi connectivity index (χ1v) is 5.31. The van der Waals surface area contributed by atoms with Gasteiger partial charge in [-0.3, -0.25) is 14.2 Å². The van der Waals surface area contributed by atoms with Crippen LogP contribution in [-0.4, -0.2) is 45.6 Å². The fourth-order valence-electron chi connectivity index (χ4n) is 1.86. The molecule has 7 nitrogen and oxygen atoms in total. The van der Waals surface area contributed by atoms with E-state index in [-0.39, 0.29) is 5.69 Å². The number of amides is 1. The molecule has 0 unspecified atom stereocenters. The summed E-state index contributed by atoms with van der Waals surface area (Å²) >= 11 is 0. The number of hydrogen-bond donors (Lipinski definition) is 2. The summed E-state index contributed by atoms with van der Waals surface area (Å²) in [5, 5.41) is 9.57. The molecule has 1 aliphatic heterocycles. The molecule has 2 rings (SSSR count). The van der Waals surface area contributed by atoms with Crippen molar-refractivity contribution in [1.29, 1.82) is 0 Å². The topological polar surface area (TPSA) is 101 Å². The average molecular weight is 238 g/mol. The first-order valence-electron chi connectivity index (χ1n) is 5.31. The fourth-order valence-corrected chi connectivity index (χ4v) is 1.86. The molecule has 0 fully saturated rings. The van der Waals surface area contributed by atoms with Crippen molar-refractivity contribution in [2.24, 2.45) is 5.73 Å². The largest absolute Gasteiger partial charge is 0.501 e. The monoisotopic (exact) mass is 238 g/mol. The molecule has 1 amide bonds. The molecule has 0 atom stereocenters. The van der Waals surface area contributed by atoms with Gasteiger partial charge >= 0.3 is 0 Å². The van der Waals surface area contributed by atoms with E-state index < -0.39 is 17.2 Å². The molecular formula is C10H14N4O3. The highest BCUT2D eigenvalue weighted by Crippen LogP contribution is 2.11. The van der Waals surface area contributed by atoms with Gasteiger partial charge in [0.2, 0.25) is 5.75 Å². The van der Waals surface area contributed by atoms with Crippen molar-refractivity contribution < 1.29 is 9.90 Å². The van der Waals surface area contributed by atoms with Crippen LogP contribution in [0, 0.1) is 0 Å². The Morgan fingerprint density at radius 3 is 2.76 bits per heavy atom. The number of rotatable bonds is 1. The minimum Gasteiger partial charge on any atom is -0.501 e. The third kappa shape index (κ3) is 2.01. The minimum absolute atomic E-state index is 0.342. The number of primary amides is 1. The summed E-state index contributed by atoms with van der Waals surface area (Å²) in [7, 11) is 1.94. The molecule has 0 bridgehead atoms. The van der Waals surface area contributed by atoms with Crippen LogP contribution >= 0.6 is 0 Å². The third-order valence-electron chi connectivity index (χ3n) is 2.88. The lowest BCUT2D eigenvalue weighted by Gasteiger charge is -2.11. The lowest BCUT2D eigenvalue weighted by molar-refractivity contribution is 0.0991. The molecule has 1 aromatic rings. The van der Waals surface area contributed by atoms with Crippen molar-refractivity contribution in [3.63, 3.8) is 0 Å². The summed E-state index contributed by atoms with van der Waals surface area (Å²) in [4.78, 5) is 28.9. The molecule has 17 heavy (non-hydrogen) atoms. The highest BCUT2D eigenvalue weighted by molar-refractivity contribution is 5.93. The number of carbonyl (C=O) groups is 1. The van der Waals surface area contributed by atoms with E-state index >= 15 is 0 Å². The van der Waals surface area contributed by atoms with Gasteiger partial charge in [-0.25, -0.2) is 4.98 Å². The van der Waals surface area contributed by atoms with Gasteiger partial charge in [0.05, 0.1) is 0 Å². The van der Waals surface area contributed by atoms with Gasteiger partial charge in [0.25, 0.3) is 11.5 Å². The van der Waals surface area contributed by atoms with Crippen molar-refractivity contribution in [2.45, 2.75) is 13.0 Å². The molecular weight excluding hydrogens is 224 g/mol. The van der Waals surface area contributed by atoms with Gasteiger partial charge < -0.3 is 15.7 Å². The van der Waals surface area contributed by atoms with E-state index in [0.29, 0.717) is 25.3 Å². The Balaban J connectivity index is 2.58. The quantitative estimate of drug-likeness (QED) is 0.622. The van der Waals surface area contributed by atoms with Gasteiger partial charge in [0, 0.05) is 26.1 Å². The number of aromatic hydroxyl groups is 1. The van der Waals surface area contributed by atoms with Crippen LogP contribution in [0.5, 0.6) is 5.75 Å². The zero-order valence-corrected chi connectivity index (χ0v) is 9.51. The van der Waals surface area contributed by atoms with Gasteiger partial charge in [-0.2, -0.15) is 0 Å². The maximum absolute atomic E-state index is 11.8. The first kappa shape index (κ1) is 11.6. The normalized spacial score (nSPS) is 16.3. The molecule has 0 aromatic carbocycles. The predicted octanol–water partition coefficient (Wildman–Crippen LogP) is -1.46. The van der Waals surface area contributed by atoms with Crippen LogP contribution in [-0.2, 0) is 13.0 Å². The molecule has 1 aromatic heterocycles.